The summed E-state index contributed by atoms with van der Waals surface area (Å²) in [5.74, 6) is -0.252. The van der Waals surface area contributed by atoms with Gasteiger partial charge in [-0.2, -0.15) is 0 Å². The van der Waals surface area contributed by atoms with Gasteiger partial charge >= 0.3 is 0 Å². The minimum atomic E-state index is -0.467. The molecule has 0 spiro atoms. The lowest BCUT2D eigenvalue weighted by Crippen LogP contribution is -2.20. The number of halogens is 1. The Balaban J connectivity index is 1.89. The highest BCUT2D eigenvalue weighted by Gasteiger charge is 2.02. The van der Waals surface area contributed by atoms with Crippen LogP contribution >= 0.6 is 11.6 Å². The van der Waals surface area contributed by atoms with E-state index in [1.807, 2.05) is 12.1 Å². The number of rotatable bonds is 5. The fourth-order valence-corrected chi connectivity index (χ4v) is 1.99. The second-order valence-corrected chi connectivity index (χ2v) is 4.97. The molecule has 0 fully saturated rings. The minimum Gasteiger partial charge on any atom is -0.348 e. The zero-order chi connectivity index (χ0) is 15.9. The molecule has 1 N–H and O–H groups in total. The molecule has 5 nitrogen and oxygen atoms in total. The van der Waals surface area contributed by atoms with Crippen molar-refractivity contribution in [1.29, 1.82) is 0 Å². The van der Waals surface area contributed by atoms with Gasteiger partial charge < -0.3 is 5.32 Å². The SMILES string of the molecule is O=C(/C=C/c1ccc([N+](=O)[O-])cc1)NCc1cccc(Cl)c1. The molecule has 2 aromatic rings. The van der Waals surface area contributed by atoms with Crippen LogP contribution < -0.4 is 5.32 Å². The number of benzene rings is 2. The maximum Gasteiger partial charge on any atom is 0.269 e. The number of non-ortho nitro benzene ring substituents is 1. The first-order valence-electron chi connectivity index (χ1n) is 6.49. The smallest absolute Gasteiger partial charge is 0.269 e. The van der Waals surface area contributed by atoms with Crippen molar-refractivity contribution >= 4 is 29.3 Å². The van der Waals surface area contributed by atoms with Crippen LogP contribution in [-0.2, 0) is 11.3 Å². The third kappa shape index (κ3) is 4.71. The molecule has 0 atom stereocenters. The number of nitro benzene ring substituents is 1. The molecule has 0 aliphatic rings. The molecular weight excluding hydrogens is 304 g/mol. The molecule has 2 rings (SSSR count). The maximum atomic E-state index is 11.7. The van der Waals surface area contributed by atoms with Gasteiger partial charge in [-0.3, -0.25) is 14.9 Å². The second-order valence-electron chi connectivity index (χ2n) is 4.53. The lowest BCUT2D eigenvalue weighted by atomic mass is 10.2. The Morgan fingerprint density at radius 2 is 1.95 bits per heavy atom. The lowest BCUT2D eigenvalue weighted by molar-refractivity contribution is -0.384. The summed E-state index contributed by atoms with van der Waals surface area (Å²) in [7, 11) is 0. The average molecular weight is 317 g/mol. The summed E-state index contributed by atoms with van der Waals surface area (Å²) >= 11 is 5.86. The number of amides is 1. The van der Waals surface area contributed by atoms with E-state index in [1.165, 1.54) is 18.2 Å². The Kier molecular flexibility index (Phi) is 5.27. The summed E-state index contributed by atoms with van der Waals surface area (Å²) in [6.07, 6.45) is 2.97. The molecule has 0 saturated carbocycles. The summed E-state index contributed by atoms with van der Waals surface area (Å²) < 4.78 is 0. The minimum absolute atomic E-state index is 0.0163. The number of hydrogen-bond acceptors (Lipinski definition) is 3. The fraction of sp³-hybridized carbons (Fsp3) is 0.0625. The van der Waals surface area contributed by atoms with Crippen molar-refractivity contribution in [3.63, 3.8) is 0 Å². The summed E-state index contributed by atoms with van der Waals surface area (Å²) in [6, 6.07) is 13.2. The van der Waals surface area contributed by atoms with Crippen LogP contribution in [0.25, 0.3) is 6.08 Å². The van der Waals surface area contributed by atoms with E-state index < -0.39 is 4.92 Å². The van der Waals surface area contributed by atoms with E-state index in [1.54, 1.807) is 30.3 Å². The van der Waals surface area contributed by atoms with E-state index >= 15 is 0 Å². The standard InChI is InChI=1S/C16H13ClN2O3/c17-14-3-1-2-13(10-14)11-18-16(20)9-6-12-4-7-15(8-5-12)19(21)22/h1-10H,11H2,(H,18,20)/b9-6+. The van der Waals surface area contributed by atoms with Crippen LogP contribution in [0.15, 0.2) is 54.6 Å². The van der Waals surface area contributed by atoms with Crippen LogP contribution in [0.3, 0.4) is 0 Å². The topological polar surface area (TPSA) is 72.2 Å². The van der Waals surface area contributed by atoms with E-state index in [-0.39, 0.29) is 11.6 Å². The van der Waals surface area contributed by atoms with E-state index in [9.17, 15) is 14.9 Å². The average Bonchev–Trinajstić information content (AvgIpc) is 2.51. The Labute approximate surface area is 132 Å². The van der Waals surface area contributed by atoms with Gasteiger partial charge in [-0.1, -0.05) is 23.7 Å². The number of nitro groups is 1. The molecule has 0 radical (unpaired) electrons. The highest BCUT2D eigenvalue weighted by molar-refractivity contribution is 6.30. The molecule has 0 aliphatic heterocycles. The van der Waals surface area contributed by atoms with Gasteiger partial charge in [-0.25, -0.2) is 0 Å². The lowest BCUT2D eigenvalue weighted by Gasteiger charge is -2.02. The number of carbonyl (C=O) groups excluding carboxylic acids is 1. The van der Waals surface area contributed by atoms with E-state index in [0.29, 0.717) is 17.1 Å². The highest BCUT2D eigenvalue weighted by Crippen LogP contribution is 2.13. The van der Waals surface area contributed by atoms with Crippen LogP contribution in [0.2, 0.25) is 5.02 Å². The predicted molar refractivity (Wildman–Crippen MR) is 85.4 cm³/mol. The van der Waals surface area contributed by atoms with Crippen molar-refractivity contribution in [2.75, 3.05) is 0 Å². The third-order valence-electron chi connectivity index (χ3n) is 2.89. The summed E-state index contributed by atoms with van der Waals surface area (Å²) in [6.45, 7) is 0.379. The zero-order valence-electron chi connectivity index (χ0n) is 11.5. The summed E-state index contributed by atoms with van der Waals surface area (Å²) in [5.41, 5.74) is 1.63. The van der Waals surface area contributed by atoms with Crippen molar-refractivity contribution in [3.05, 3.63) is 80.9 Å². The second kappa shape index (κ2) is 7.38. The van der Waals surface area contributed by atoms with Crippen molar-refractivity contribution in [3.8, 4) is 0 Å². The number of hydrogen-bond donors (Lipinski definition) is 1. The van der Waals surface area contributed by atoms with Crippen LogP contribution in [0.4, 0.5) is 5.69 Å². The zero-order valence-corrected chi connectivity index (χ0v) is 12.3. The Morgan fingerprint density at radius 1 is 1.23 bits per heavy atom. The van der Waals surface area contributed by atoms with Gasteiger partial charge in [0.2, 0.25) is 5.91 Å². The van der Waals surface area contributed by atoms with Crippen LogP contribution in [0.1, 0.15) is 11.1 Å². The normalized spacial score (nSPS) is 10.6. The Morgan fingerprint density at radius 3 is 2.59 bits per heavy atom. The third-order valence-corrected chi connectivity index (χ3v) is 3.12. The predicted octanol–water partition coefficient (Wildman–Crippen LogP) is 3.58. The van der Waals surface area contributed by atoms with E-state index in [2.05, 4.69) is 5.32 Å². The monoisotopic (exact) mass is 316 g/mol. The Hall–Kier alpha value is -2.66. The molecule has 1 amide bonds. The van der Waals surface area contributed by atoms with Crippen molar-refractivity contribution in [1.82, 2.24) is 5.32 Å². The molecule has 0 aromatic heterocycles. The van der Waals surface area contributed by atoms with Gasteiger partial charge in [-0.05, 0) is 41.5 Å². The highest BCUT2D eigenvalue weighted by atomic mass is 35.5. The molecule has 112 valence electrons. The van der Waals surface area contributed by atoms with Gasteiger partial charge in [0, 0.05) is 29.8 Å². The van der Waals surface area contributed by atoms with Crippen LogP contribution in [-0.4, -0.2) is 10.8 Å². The molecule has 0 aliphatic carbocycles. The van der Waals surface area contributed by atoms with Crippen LogP contribution in [0.5, 0.6) is 0 Å². The number of nitrogens with one attached hydrogen (secondary N) is 1. The van der Waals surface area contributed by atoms with E-state index in [4.69, 9.17) is 11.6 Å². The molecular formula is C16H13ClN2O3. The molecule has 2 aromatic carbocycles. The molecule has 0 unspecified atom stereocenters. The van der Waals surface area contributed by atoms with Crippen LogP contribution in [0, 0.1) is 10.1 Å². The van der Waals surface area contributed by atoms with Crippen molar-refractivity contribution < 1.29 is 9.72 Å². The first kappa shape index (κ1) is 15.7. The largest absolute Gasteiger partial charge is 0.348 e. The number of nitrogens with zero attached hydrogens (tertiary/aromatic N) is 1. The molecule has 22 heavy (non-hydrogen) atoms. The summed E-state index contributed by atoms with van der Waals surface area (Å²) in [4.78, 5) is 21.8. The van der Waals surface area contributed by atoms with Crippen molar-refractivity contribution in [2.24, 2.45) is 0 Å². The fourth-order valence-electron chi connectivity index (χ4n) is 1.77. The quantitative estimate of drug-likeness (QED) is 0.520. The van der Waals surface area contributed by atoms with Crippen molar-refractivity contribution in [2.45, 2.75) is 6.54 Å². The maximum absolute atomic E-state index is 11.7. The first-order valence-corrected chi connectivity index (χ1v) is 6.87. The van der Waals surface area contributed by atoms with Gasteiger partial charge in [0.15, 0.2) is 0 Å². The molecule has 0 bridgehead atoms. The van der Waals surface area contributed by atoms with E-state index in [0.717, 1.165) is 5.56 Å². The molecule has 0 saturated heterocycles. The first-order chi connectivity index (χ1) is 10.5. The molecule has 0 heterocycles. The summed E-state index contributed by atoms with van der Waals surface area (Å²) in [5, 5.41) is 13.9. The van der Waals surface area contributed by atoms with Gasteiger partial charge in [-0.15, -0.1) is 0 Å². The van der Waals surface area contributed by atoms with Gasteiger partial charge in [0.1, 0.15) is 0 Å². The Bertz CT molecular complexity index is 712. The number of carbonyl (C=O) groups is 1. The van der Waals surface area contributed by atoms with Gasteiger partial charge in [0.05, 0.1) is 4.92 Å². The molecule has 6 heteroatoms. The van der Waals surface area contributed by atoms with Gasteiger partial charge in [0.25, 0.3) is 5.69 Å².